The summed E-state index contributed by atoms with van der Waals surface area (Å²) in [4.78, 5) is 19.9. The summed E-state index contributed by atoms with van der Waals surface area (Å²) in [5.74, 6) is 0.0573. The van der Waals surface area contributed by atoms with Gasteiger partial charge in [0.2, 0.25) is 0 Å². The highest BCUT2D eigenvalue weighted by Gasteiger charge is 2.37. The van der Waals surface area contributed by atoms with Crippen LogP contribution < -0.4 is 10.2 Å². The number of phenolic OH excluding ortho intramolecular Hbond substituents is 1. The first-order valence-electron chi connectivity index (χ1n) is 10.1. The fourth-order valence-electron chi connectivity index (χ4n) is 3.78. The lowest BCUT2D eigenvalue weighted by Gasteiger charge is -2.28. The number of amides is 1. The third-order valence-corrected chi connectivity index (χ3v) is 6.06. The molecule has 1 aromatic heterocycles. The van der Waals surface area contributed by atoms with Gasteiger partial charge in [-0.15, -0.1) is 0 Å². The molecule has 0 bridgehead atoms. The highest BCUT2D eigenvalue weighted by Crippen LogP contribution is 2.37. The molecule has 158 valence electrons. The molecular weight excluding hydrogens is 501 g/mol. The first kappa shape index (κ1) is 21.4. The van der Waals surface area contributed by atoms with E-state index in [1.54, 1.807) is 23.1 Å². The van der Waals surface area contributed by atoms with Gasteiger partial charge in [-0.05, 0) is 104 Å². The highest BCUT2D eigenvalue weighted by atomic mass is 127. The number of benzene rings is 2. The lowest BCUT2D eigenvalue weighted by atomic mass is 9.98. The summed E-state index contributed by atoms with van der Waals surface area (Å²) in [7, 11) is 0. The van der Waals surface area contributed by atoms with Gasteiger partial charge in [-0.2, -0.15) is 0 Å². The second kappa shape index (κ2) is 8.34. The third kappa shape index (κ3) is 4.44. The van der Waals surface area contributed by atoms with Crippen LogP contribution in [0.1, 0.15) is 36.8 Å². The molecule has 0 fully saturated rings. The number of aryl methyl sites for hydroxylation is 1. The van der Waals surface area contributed by atoms with Crippen LogP contribution in [0.5, 0.6) is 5.75 Å². The van der Waals surface area contributed by atoms with E-state index in [2.05, 4.69) is 32.9 Å². The van der Waals surface area contributed by atoms with E-state index in [0.717, 1.165) is 26.2 Å². The largest absolute Gasteiger partial charge is 0.508 e. The van der Waals surface area contributed by atoms with Gasteiger partial charge in [-0.25, -0.2) is 0 Å². The zero-order valence-electron chi connectivity index (χ0n) is 17.6. The van der Waals surface area contributed by atoms with Crippen LogP contribution in [-0.2, 0) is 10.3 Å². The monoisotopic (exact) mass is 525 g/mol. The Morgan fingerprint density at radius 3 is 2.45 bits per heavy atom. The maximum atomic E-state index is 13.5. The van der Waals surface area contributed by atoms with Gasteiger partial charge < -0.3 is 10.4 Å². The van der Waals surface area contributed by atoms with Crippen molar-refractivity contribution in [1.82, 2.24) is 10.3 Å². The molecule has 2 N–H and O–H groups in total. The molecule has 0 aliphatic carbocycles. The number of hydrogen-bond donors (Lipinski definition) is 2. The summed E-state index contributed by atoms with van der Waals surface area (Å²) in [6.45, 7) is 5.98. The molecule has 1 unspecified atom stereocenters. The SMILES string of the molecule is Cc1cccc(C(C)(C)NC2=CC(c3cccc(O)c3)N(c3ccc(I)cc3)C2=O)n1. The molecule has 4 rings (SSSR count). The number of pyridine rings is 1. The van der Waals surface area contributed by atoms with Crippen molar-refractivity contribution in [3.05, 3.63) is 99.0 Å². The van der Waals surface area contributed by atoms with Crippen molar-refractivity contribution in [3.8, 4) is 5.75 Å². The molecule has 0 saturated carbocycles. The minimum atomic E-state index is -0.543. The molecule has 2 heterocycles. The molecular formula is C25H24IN3O2. The molecule has 0 spiro atoms. The van der Waals surface area contributed by atoms with Gasteiger partial charge in [0, 0.05) is 15.0 Å². The molecule has 1 aliphatic heterocycles. The van der Waals surface area contributed by atoms with E-state index in [1.165, 1.54) is 0 Å². The minimum Gasteiger partial charge on any atom is -0.508 e. The Bertz CT molecular complexity index is 1160. The van der Waals surface area contributed by atoms with E-state index >= 15 is 0 Å². The Morgan fingerprint density at radius 1 is 1.06 bits per heavy atom. The van der Waals surface area contributed by atoms with Crippen LogP contribution in [0, 0.1) is 10.5 Å². The summed E-state index contributed by atoms with van der Waals surface area (Å²) in [6.07, 6.45) is 1.92. The van der Waals surface area contributed by atoms with E-state index in [4.69, 9.17) is 0 Å². The number of nitrogens with one attached hydrogen (secondary N) is 1. The summed E-state index contributed by atoms with van der Waals surface area (Å²) in [5.41, 5.74) is 3.41. The number of hydrogen-bond acceptors (Lipinski definition) is 4. The van der Waals surface area contributed by atoms with Crippen LogP contribution in [0.2, 0.25) is 0 Å². The number of aromatic nitrogens is 1. The molecule has 1 amide bonds. The average Bonchev–Trinajstić information content (AvgIpc) is 3.04. The van der Waals surface area contributed by atoms with Gasteiger partial charge in [0.15, 0.2) is 0 Å². The number of phenols is 1. The van der Waals surface area contributed by atoms with Gasteiger partial charge in [0.05, 0.1) is 23.0 Å². The van der Waals surface area contributed by atoms with Crippen molar-refractivity contribution in [2.45, 2.75) is 32.4 Å². The van der Waals surface area contributed by atoms with Crippen molar-refractivity contribution in [2.24, 2.45) is 0 Å². The maximum Gasteiger partial charge on any atom is 0.274 e. The van der Waals surface area contributed by atoms with Crippen molar-refractivity contribution in [1.29, 1.82) is 0 Å². The Morgan fingerprint density at radius 2 is 1.77 bits per heavy atom. The van der Waals surface area contributed by atoms with Crippen LogP contribution in [0.4, 0.5) is 5.69 Å². The molecule has 1 atom stereocenters. The quantitative estimate of drug-likeness (QED) is 0.450. The smallest absolute Gasteiger partial charge is 0.274 e. The standard InChI is InChI=1S/C25H24IN3O2/c1-16-6-4-9-23(27-16)25(2,3)28-21-15-22(17-7-5-8-20(30)14-17)29(24(21)31)19-12-10-18(26)11-13-19/h4-15,22,28,30H,1-3H3. The first-order chi connectivity index (χ1) is 14.7. The second-order valence-electron chi connectivity index (χ2n) is 8.19. The normalized spacial score (nSPS) is 16.4. The second-order valence-corrected chi connectivity index (χ2v) is 9.43. The lowest BCUT2D eigenvalue weighted by Crippen LogP contribution is -2.41. The van der Waals surface area contributed by atoms with Gasteiger partial charge in [0.25, 0.3) is 5.91 Å². The summed E-state index contributed by atoms with van der Waals surface area (Å²) >= 11 is 2.25. The number of nitrogens with zero attached hydrogens (tertiary/aromatic N) is 2. The Labute approximate surface area is 196 Å². The van der Waals surface area contributed by atoms with Crippen LogP contribution in [0.15, 0.2) is 78.5 Å². The van der Waals surface area contributed by atoms with E-state index in [-0.39, 0.29) is 17.7 Å². The van der Waals surface area contributed by atoms with Crippen LogP contribution in [0.25, 0.3) is 0 Å². The number of carbonyl (C=O) groups is 1. The van der Waals surface area contributed by atoms with Crippen LogP contribution in [0.3, 0.4) is 0 Å². The molecule has 31 heavy (non-hydrogen) atoms. The van der Waals surface area contributed by atoms with Crippen molar-refractivity contribution >= 4 is 34.2 Å². The summed E-state index contributed by atoms with van der Waals surface area (Å²) < 4.78 is 1.10. The topological polar surface area (TPSA) is 65.5 Å². The van der Waals surface area contributed by atoms with Crippen molar-refractivity contribution in [3.63, 3.8) is 0 Å². The minimum absolute atomic E-state index is 0.115. The lowest BCUT2D eigenvalue weighted by molar-refractivity contribution is -0.115. The van der Waals surface area contributed by atoms with Gasteiger partial charge >= 0.3 is 0 Å². The number of halogens is 1. The van der Waals surface area contributed by atoms with Crippen molar-refractivity contribution < 1.29 is 9.90 Å². The van der Waals surface area contributed by atoms with Gasteiger partial charge in [-0.3, -0.25) is 14.7 Å². The molecule has 3 aromatic rings. The zero-order valence-corrected chi connectivity index (χ0v) is 19.8. The Hall–Kier alpha value is -2.87. The number of aromatic hydroxyl groups is 1. The number of carbonyl (C=O) groups excluding carboxylic acids is 1. The highest BCUT2D eigenvalue weighted by molar-refractivity contribution is 14.1. The number of rotatable bonds is 5. The summed E-state index contributed by atoms with van der Waals surface area (Å²) in [5, 5.41) is 13.4. The van der Waals surface area contributed by atoms with Gasteiger partial charge in [0.1, 0.15) is 5.75 Å². The molecule has 1 aliphatic rings. The molecule has 5 nitrogen and oxygen atoms in total. The fourth-order valence-corrected chi connectivity index (χ4v) is 4.14. The zero-order chi connectivity index (χ0) is 22.2. The van der Waals surface area contributed by atoms with Crippen molar-refractivity contribution in [2.75, 3.05) is 4.90 Å². The van der Waals surface area contributed by atoms with E-state index in [1.807, 2.05) is 75.4 Å². The molecule has 2 aromatic carbocycles. The average molecular weight is 525 g/mol. The van der Waals surface area contributed by atoms with Crippen LogP contribution in [-0.4, -0.2) is 16.0 Å². The predicted molar refractivity (Wildman–Crippen MR) is 131 cm³/mol. The molecule has 0 radical (unpaired) electrons. The van der Waals surface area contributed by atoms with E-state index in [0.29, 0.717) is 5.70 Å². The van der Waals surface area contributed by atoms with Gasteiger partial charge in [-0.1, -0.05) is 18.2 Å². The van der Waals surface area contributed by atoms with Crippen LogP contribution >= 0.6 is 22.6 Å². The Balaban J connectivity index is 1.73. The predicted octanol–water partition coefficient (Wildman–Crippen LogP) is 5.20. The third-order valence-electron chi connectivity index (χ3n) is 5.34. The fraction of sp³-hybridized carbons (Fsp3) is 0.200. The number of anilines is 1. The van der Waals surface area contributed by atoms with E-state index in [9.17, 15) is 9.90 Å². The molecule has 6 heteroatoms. The summed E-state index contributed by atoms with van der Waals surface area (Å²) in [6, 6.07) is 20.4. The maximum absolute atomic E-state index is 13.5. The molecule has 0 saturated heterocycles. The van der Waals surface area contributed by atoms with E-state index < -0.39 is 5.54 Å². The first-order valence-corrected chi connectivity index (χ1v) is 11.1. The Kier molecular flexibility index (Phi) is 5.75.